The summed E-state index contributed by atoms with van der Waals surface area (Å²) in [7, 11) is -4.26. The van der Waals surface area contributed by atoms with E-state index in [1.165, 1.54) is 0 Å². The predicted molar refractivity (Wildman–Crippen MR) is 49.2 cm³/mol. The van der Waals surface area contributed by atoms with Crippen molar-refractivity contribution in [3.05, 3.63) is 0 Å². The summed E-state index contributed by atoms with van der Waals surface area (Å²) in [5, 5.41) is 0. The van der Waals surface area contributed by atoms with Gasteiger partial charge in [0.2, 0.25) is 0 Å². The molecule has 4 nitrogen and oxygen atoms in total. The van der Waals surface area contributed by atoms with E-state index in [4.69, 9.17) is 9.79 Å². The minimum absolute atomic E-state index is 0.235. The van der Waals surface area contributed by atoms with E-state index in [1.807, 2.05) is 0 Å². The van der Waals surface area contributed by atoms with E-state index in [1.54, 1.807) is 0 Å². The van der Waals surface area contributed by atoms with Crippen LogP contribution in [0.25, 0.3) is 0 Å². The van der Waals surface area contributed by atoms with Gasteiger partial charge in [-0.3, -0.25) is 4.52 Å². The molecule has 2 N–H and O–H groups in total. The molecule has 0 radical (unpaired) electrons. The van der Waals surface area contributed by atoms with Gasteiger partial charge in [-0.1, -0.05) is 26.7 Å². The fraction of sp³-hybridized carbons (Fsp3) is 1.00. The van der Waals surface area contributed by atoms with Crippen LogP contribution >= 0.6 is 7.82 Å². The summed E-state index contributed by atoms with van der Waals surface area (Å²) in [6.45, 7) is 4.22. The van der Waals surface area contributed by atoms with E-state index >= 15 is 0 Å². The molecule has 5 heteroatoms. The Labute approximate surface area is 78.5 Å². The van der Waals surface area contributed by atoms with Gasteiger partial charge >= 0.3 is 7.82 Å². The normalized spacial score (nSPS) is 22.8. The molecule has 78 valence electrons. The molecular weight excluding hydrogens is 191 g/mol. The first-order valence-corrected chi connectivity index (χ1v) is 6.18. The van der Waals surface area contributed by atoms with Gasteiger partial charge in [-0.25, -0.2) is 4.57 Å². The second kappa shape index (κ2) is 3.70. The van der Waals surface area contributed by atoms with Crippen molar-refractivity contribution in [2.24, 2.45) is 5.41 Å². The molecule has 0 heterocycles. The number of phosphoric ester groups is 1. The van der Waals surface area contributed by atoms with Crippen LogP contribution < -0.4 is 0 Å². The maximum absolute atomic E-state index is 10.5. The summed E-state index contributed by atoms with van der Waals surface area (Å²) in [5.74, 6) is 0. The lowest BCUT2D eigenvalue weighted by Crippen LogP contribution is -2.41. The van der Waals surface area contributed by atoms with Crippen molar-refractivity contribution in [2.75, 3.05) is 0 Å². The lowest BCUT2D eigenvalue weighted by atomic mass is 9.64. The molecule has 0 aliphatic heterocycles. The third kappa shape index (κ3) is 2.78. The minimum Gasteiger partial charge on any atom is -0.303 e. The molecule has 0 unspecified atom stereocenters. The highest BCUT2D eigenvalue weighted by atomic mass is 31.2. The minimum atomic E-state index is -4.26. The molecule has 1 aliphatic rings. The highest BCUT2D eigenvalue weighted by Crippen LogP contribution is 2.53. The molecule has 13 heavy (non-hydrogen) atoms. The fourth-order valence-corrected chi connectivity index (χ4v) is 2.54. The van der Waals surface area contributed by atoms with E-state index < -0.39 is 7.82 Å². The van der Waals surface area contributed by atoms with E-state index in [0.29, 0.717) is 0 Å². The van der Waals surface area contributed by atoms with E-state index in [-0.39, 0.29) is 11.5 Å². The fourth-order valence-electron chi connectivity index (χ4n) is 2.00. The molecule has 1 rings (SSSR count). The zero-order chi connectivity index (χ0) is 10.1. The first-order valence-electron chi connectivity index (χ1n) is 4.65. The molecule has 0 bridgehead atoms. The summed E-state index contributed by atoms with van der Waals surface area (Å²) in [4.78, 5) is 17.1. The summed E-state index contributed by atoms with van der Waals surface area (Å²) in [6, 6.07) is 0. The first-order chi connectivity index (χ1) is 5.91. The van der Waals surface area contributed by atoms with Gasteiger partial charge in [0.15, 0.2) is 0 Å². The summed E-state index contributed by atoms with van der Waals surface area (Å²) in [6.07, 6.45) is 3.45. The van der Waals surface area contributed by atoms with Gasteiger partial charge in [-0.05, 0) is 18.3 Å². The van der Waals surface area contributed by atoms with Crippen LogP contribution in [-0.4, -0.2) is 15.9 Å². The lowest BCUT2D eigenvalue weighted by Gasteiger charge is -2.46. The highest BCUT2D eigenvalue weighted by Gasteiger charge is 2.44. The van der Waals surface area contributed by atoms with Crippen LogP contribution in [0.2, 0.25) is 0 Å². The first kappa shape index (κ1) is 11.2. The molecule has 0 amide bonds. The summed E-state index contributed by atoms with van der Waals surface area (Å²) in [5.41, 5.74) is 0.278. The van der Waals surface area contributed by atoms with Crippen LogP contribution in [0.1, 0.15) is 39.5 Å². The Hall–Kier alpha value is 0.110. The van der Waals surface area contributed by atoms with Crippen LogP contribution in [-0.2, 0) is 9.09 Å². The molecule has 1 aliphatic carbocycles. The molecule has 0 atom stereocenters. The van der Waals surface area contributed by atoms with Crippen LogP contribution in [0.5, 0.6) is 0 Å². The maximum Gasteiger partial charge on any atom is 0.469 e. The van der Waals surface area contributed by atoms with E-state index in [9.17, 15) is 4.57 Å². The predicted octanol–water partition coefficient (Wildman–Crippen LogP) is 2.06. The van der Waals surface area contributed by atoms with Gasteiger partial charge in [0.1, 0.15) is 0 Å². The average molecular weight is 208 g/mol. The monoisotopic (exact) mass is 208 g/mol. The summed E-state index contributed by atoms with van der Waals surface area (Å²) >= 11 is 0. The van der Waals surface area contributed by atoms with E-state index in [0.717, 1.165) is 25.7 Å². The average Bonchev–Trinajstić information content (AvgIpc) is 1.94. The van der Waals surface area contributed by atoms with Gasteiger partial charge in [0.05, 0.1) is 6.10 Å². The number of rotatable bonds is 4. The Morgan fingerprint density at radius 2 is 1.85 bits per heavy atom. The molecule has 0 saturated heterocycles. The zero-order valence-corrected chi connectivity index (χ0v) is 8.96. The lowest BCUT2D eigenvalue weighted by molar-refractivity contribution is -0.0345. The van der Waals surface area contributed by atoms with Crippen molar-refractivity contribution in [3.63, 3.8) is 0 Å². The molecule has 0 spiro atoms. The number of hydrogen-bond donors (Lipinski definition) is 2. The number of phosphoric acid groups is 1. The maximum atomic E-state index is 10.5. The van der Waals surface area contributed by atoms with Crippen molar-refractivity contribution < 1.29 is 18.9 Å². The molecule has 0 aromatic heterocycles. The Balaban J connectivity index is 2.36. The molecular formula is C8H17O4P. The Morgan fingerprint density at radius 1 is 1.38 bits per heavy atom. The zero-order valence-electron chi connectivity index (χ0n) is 8.06. The third-order valence-corrected chi connectivity index (χ3v) is 3.68. The SMILES string of the molecule is CCC1(CC)CC(OP(=O)(O)O)C1. The molecule has 0 aromatic rings. The van der Waals surface area contributed by atoms with Crippen molar-refractivity contribution >= 4 is 7.82 Å². The smallest absolute Gasteiger partial charge is 0.303 e. The Morgan fingerprint density at radius 3 is 2.15 bits per heavy atom. The second-order valence-corrected chi connectivity index (χ2v) is 5.03. The second-order valence-electron chi connectivity index (χ2n) is 3.83. The molecule has 0 aromatic carbocycles. The third-order valence-electron chi connectivity index (χ3n) is 3.11. The van der Waals surface area contributed by atoms with Crippen LogP contribution in [0, 0.1) is 5.41 Å². The quantitative estimate of drug-likeness (QED) is 0.694. The van der Waals surface area contributed by atoms with E-state index in [2.05, 4.69) is 18.4 Å². The van der Waals surface area contributed by atoms with Gasteiger partial charge in [-0.15, -0.1) is 0 Å². The van der Waals surface area contributed by atoms with Crippen LogP contribution in [0.3, 0.4) is 0 Å². The topological polar surface area (TPSA) is 66.8 Å². The van der Waals surface area contributed by atoms with Gasteiger partial charge < -0.3 is 9.79 Å². The Kier molecular flexibility index (Phi) is 3.18. The van der Waals surface area contributed by atoms with Gasteiger partial charge in [0, 0.05) is 0 Å². The molecule has 1 fully saturated rings. The summed E-state index contributed by atoms with van der Waals surface area (Å²) < 4.78 is 15.1. The largest absolute Gasteiger partial charge is 0.469 e. The van der Waals surface area contributed by atoms with Crippen molar-refractivity contribution in [1.29, 1.82) is 0 Å². The van der Waals surface area contributed by atoms with Gasteiger partial charge in [-0.2, -0.15) is 0 Å². The van der Waals surface area contributed by atoms with Crippen molar-refractivity contribution in [2.45, 2.75) is 45.6 Å². The number of hydrogen-bond acceptors (Lipinski definition) is 2. The van der Waals surface area contributed by atoms with Crippen molar-refractivity contribution in [3.8, 4) is 0 Å². The van der Waals surface area contributed by atoms with Crippen LogP contribution in [0.15, 0.2) is 0 Å². The Bertz CT molecular complexity index is 210. The molecule has 1 saturated carbocycles. The van der Waals surface area contributed by atoms with Crippen LogP contribution in [0.4, 0.5) is 0 Å². The van der Waals surface area contributed by atoms with Crippen molar-refractivity contribution in [1.82, 2.24) is 0 Å². The standard InChI is InChI=1S/C8H17O4P/c1-3-8(4-2)5-7(6-8)12-13(9,10)11/h7H,3-6H2,1-2H3,(H2,9,10,11). The van der Waals surface area contributed by atoms with Gasteiger partial charge in [0.25, 0.3) is 0 Å². The highest BCUT2D eigenvalue weighted by molar-refractivity contribution is 7.46.